The highest BCUT2D eigenvalue weighted by molar-refractivity contribution is 5.95. The molecule has 0 bridgehead atoms. The Hall–Kier alpha value is -1.26. The number of rotatable bonds is 0. The molecule has 0 saturated heterocycles. The molecule has 0 fully saturated rings. The molecule has 1 unspecified atom stereocenters. The van der Waals surface area contributed by atoms with Crippen molar-refractivity contribution in [2.24, 2.45) is 15.7 Å². The van der Waals surface area contributed by atoms with E-state index in [1.165, 1.54) is 0 Å². The van der Waals surface area contributed by atoms with Gasteiger partial charge in [0.2, 0.25) is 11.9 Å². The van der Waals surface area contributed by atoms with Crippen molar-refractivity contribution in [3.8, 4) is 0 Å². The van der Waals surface area contributed by atoms with Crippen molar-refractivity contribution in [2.75, 3.05) is 14.0 Å². The van der Waals surface area contributed by atoms with E-state index in [2.05, 4.69) is 9.98 Å². The fourth-order valence-electron chi connectivity index (χ4n) is 0.516. The number of guanidine groups is 2. The summed E-state index contributed by atoms with van der Waals surface area (Å²) in [5, 5.41) is 1.91. The molecular formula is C6H13N5. The highest BCUT2D eigenvalue weighted by atomic mass is 15.3. The predicted octanol–water partition coefficient (Wildman–Crippen LogP) is -0.832. The van der Waals surface area contributed by atoms with Gasteiger partial charge in [-0.2, -0.15) is 4.99 Å². The first-order valence-corrected chi connectivity index (χ1v) is 2.60. The highest BCUT2D eigenvalue weighted by Gasteiger charge is 2.11. The molecule has 62 valence electrons. The average molecular weight is 165 g/mol. The van der Waals surface area contributed by atoms with Gasteiger partial charge in [0.15, 0.2) is 0 Å². The molecule has 1 atom stereocenters. The minimum absolute atomic E-state index is 0.101. The van der Waals surface area contributed by atoms with Gasteiger partial charge in [0.1, 0.15) is 6.14 Å². The van der Waals surface area contributed by atoms with Gasteiger partial charge in [-0.1, -0.05) is 0 Å². The molecular weight excluding hydrogens is 142 g/mol. The lowest BCUT2D eigenvalue weighted by Crippen LogP contribution is -2.45. The van der Waals surface area contributed by atoms with Crippen LogP contribution in [0.15, 0.2) is 9.98 Å². The smallest absolute Gasteiger partial charge is 0.220 e. The van der Waals surface area contributed by atoms with Crippen LogP contribution in [0, 0.1) is 0 Å². The number of hydrogen-bond donors (Lipinski definition) is 2. The van der Waals surface area contributed by atoms with Crippen molar-refractivity contribution in [2.45, 2.75) is 13.0 Å². The topological polar surface area (TPSA) is 66.0 Å². The molecule has 0 saturated carbocycles. The van der Waals surface area contributed by atoms with Gasteiger partial charge in [-0.05, 0) is 6.85 Å². The highest BCUT2D eigenvalue weighted by Crippen LogP contribution is 1.94. The van der Waals surface area contributed by atoms with E-state index >= 15 is 0 Å². The summed E-state index contributed by atoms with van der Waals surface area (Å²) in [5.41, 5.74) is 5.28. The van der Waals surface area contributed by atoms with Crippen LogP contribution in [0.5, 0.6) is 0 Å². The van der Waals surface area contributed by atoms with Crippen LogP contribution in [-0.2, 0) is 0 Å². The van der Waals surface area contributed by atoms with E-state index in [1.807, 2.05) is 5.32 Å². The van der Waals surface area contributed by atoms with Crippen LogP contribution in [0.3, 0.4) is 0 Å². The summed E-state index contributed by atoms with van der Waals surface area (Å²) in [6, 6.07) is 0. The first kappa shape index (κ1) is 1.91. The molecule has 5 heteroatoms. The normalized spacial score (nSPS) is 46.9. The molecule has 0 spiro atoms. The van der Waals surface area contributed by atoms with Gasteiger partial charge in [-0.25, -0.2) is 4.99 Å². The summed E-state index contributed by atoms with van der Waals surface area (Å²) >= 11 is 0. The Balaban J connectivity index is 3.34. The molecule has 0 aromatic carbocycles. The SMILES string of the molecule is [2H]C([2H])([2H])N(C1=NC(N)=NC([2H])(C([2H])([2H])[2H])N1)C([2H])([2H])[2H]. The number of nitrogens with two attached hydrogens (primary N) is 1. The molecule has 1 heterocycles. The van der Waals surface area contributed by atoms with Crippen LogP contribution < -0.4 is 11.1 Å². The largest absolute Gasteiger partial charge is 0.368 e. The summed E-state index contributed by atoms with van der Waals surface area (Å²) in [5.74, 6) is -1.60. The molecule has 0 aliphatic carbocycles. The van der Waals surface area contributed by atoms with Crippen LogP contribution in [-0.4, -0.2) is 36.9 Å². The first-order chi connectivity index (χ1) is 9.08. The zero-order valence-corrected chi connectivity index (χ0v) is 5.42. The van der Waals surface area contributed by atoms with Gasteiger partial charge in [0, 0.05) is 26.3 Å². The molecule has 0 radical (unpaired) electrons. The molecule has 1 aliphatic heterocycles. The standard InChI is InChI=1S/C6H13N5/c1-4-8-5(7)10-6(9-4)11(2)3/h4H,1-3H3,(H3,7,8,9,10)/i1D3,2D3,3D3,4D. The van der Waals surface area contributed by atoms with Crippen molar-refractivity contribution in [3.63, 3.8) is 0 Å². The van der Waals surface area contributed by atoms with E-state index in [4.69, 9.17) is 19.4 Å². The van der Waals surface area contributed by atoms with E-state index in [0.717, 1.165) is 0 Å². The van der Waals surface area contributed by atoms with Crippen molar-refractivity contribution in [3.05, 3.63) is 0 Å². The molecule has 5 nitrogen and oxygen atoms in total. The maximum absolute atomic E-state index is 7.72. The van der Waals surface area contributed by atoms with E-state index in [9.17, 15) is 0 Å². The Kier molecular flexibility index (Phi) is 0.481. The van der Waals surface area contributed by atoms with Gasteiger partial charge in [0.25, 0.3) is 0 Å². The second-order valence-corrected chi connectivity index (χ2v) is 1.71. The molecule has 3 N–H and O–H groups in total. The van der Waals surface area contributed by atoms with Gasteiger partial charge in [0.05, 0.1) is 1.37 Å². The minimum atomic E-state index is -3.16. The Morgan fingerprint density at radius 1 is 1.82 bits per heavy atom. The van der Waals surface area contributed by atoms with Crippen molar-refractivity contribution < 1.29 is 13.7 Å². The lowest BCUT2D eigenvalue weighted by atomic mass is 10.5. The molecule has 1 rings (SSSR count). The zero-order chi connectivity index (χ0) is 16.9. The maximum atomic E-state index is 7.72. The molecule has 11 heavy (non-hydrogen) atoms. The predicted molar refractivity (Wildman–Crippen MR) is 45.3 cm³/mol. The number of nitrogens with one attached hydrogen (secondary N) is 1. The zero-order valence-electron chi connectivity index (χ0n) is 15.4. The number of nitrogens with zero attached hydrogens (tertiary/aromatic N) is 3. The Bertz CT molecular complexity index is 458. The lowest BCUT2D eigenvalue weighted by molar-refractivity contribution is 0.550. The van der Waals surface area contributed by atoms with Crippen LogP contribution in [0.25, 0.3) is 0 Å². The summed E-state index contributed by atoms with van der Waals surface area (Å²) in [6.07, 6.45) is -2.73. The second kappa shape index (κ2) is 2.77. The molecule has 0 aromatic heterocycles. The van der Waals surface area contributed by atoms with Crippen LogP contribution in [0.2, 0.25) is 0 Å². The van der Waals surface area contributed by atoms with E-state index in [1.54, 1.807) is 0 Å². The maximum Gasteiger partial charge on any atom is 0.220 e. The van der Waals surface area contributed by atoms with E-state index < -0.39 is 38.9 Å². The Morgan fingerprint density at radius 3 is 3.27 bits per heavy atom. The lowest BCUT2D eigenvalue weighted by Gasteiger charge is -2.22. The second-order valence-electron chi connectivity index (χ2n) is 1.71. The summed E-state index contributed by atoms with van der Waals surface area (Å²) in [4.78, 5) is 6.58. The summed E-state index contributed by atoms with van der Waals surface area (Å²) in [6.45, 7) is -9.36. The van der Waals surface area contributed by atoms with Crippen molar-refractivity contribution in [1.82, 2.24) is 10.2 Å². The van der Waals surface area contributed by atoms with Crippen LogP contribution in [0.1, 0.15) is 20.6 Å². The Morgan fingerprint density at radius 2 is 2.64 bits per heavy atom. The van der Waals surface area contributed by atoms with Gasteiger partial charge < -0.3 is 16.0 Å². The fraction of sp³-hybridized carbons (Fsp3) is 0.667. The monoisotopic (exact) mass is 165 g/mol. The van der Waals surface area contributed by atoms with Gasteiger partial charge >= 0.3 is 0 Å². The Labute approximate surface area is 80.0 Å². The van der Waals surface area contributed by atoms with Crippen molar-refractivity contribution >= 4 is 11.9 Å². The van der Waals surface area contributed by atoms with Crippen LogP contribution in [0.4, 0.5) is 0 Å². The molecule has 0 amide bonds. The molecule has 0 aromatic rings. The van der Waals surface area contributed by atoms with E-state index in [0.29, 0.717) is 0 Å². The van der Waals surface area contributed by atoms with Crippen molar-refractivity contribution in [1.29, 1.82) is 0 Å². The average Bonchev–Trinajstić information content (AvgIpc) is 2.07. The minimum Gasteiger partial charge on any atom is -0.368 e. The molecule has 1 aliphatic rings. The third kappa shape index (κ3) is 1.83. The first-order valence-electron chi connectivity index (χ1n) is 7.60. The van der Waals surface area contributed by atoms with Gasteiger partial charge in [-0.15, -0.1) is 0 Å². The quantitative estimate of drug-likeness (QED) is 0.492. The number of hydrogen-bond acceptors (Lipinski definition) is 5. The number of aliphatic imine (C=N–C) groups is 2. The third-order valence-electron chi connectivity index (χ3n) is 0.889. The van der Waals surface area contributed by atoms with E-state index in [-0.39, 0.29) is 4.90 Å². The third-order valence-corrected chi connectivity index (χ3v) is 0.889. The van der Waals surface area contributed by atoms with Gasteiger partial charge in [-0.3, -0.25) is 0 Å². The fourth-order valence-corrected chi connectivity index (χ4v) is 0.516. The summed E-state index contributed by atoms with van der Waals surface area (Å²) in [7, 11) is 0. The summed E-state index contributed by atoms with van der Waals surface area (Å²) < 4.78 is 72.8. The van der Waals surface area contributed by atoms with Crippen LogP contribution >= 0.6 is 0 Å².